The van der Waals surface area contributed by atoms with Crippen molar-refractivity contribution < 1.29 is 9.32 Å². The summed E-state index contributed by atoms with van der Waals surface area (Å²) >= 11 is 0. The van der Waals surface area contributed by atoms with Crippen LogP contribution in [0.15, 0.2) is 51.7 Å². The third-order valence-corrected chi connectivity index (χ3v) is 7.91. The number of aliphatic hydroxyl groups is 1. The fourth-order valence-electron chi connectivity index (χ4n) is 4.50. The van der Waals surface area contributed by atoms with Crippen molar-refractivity contribution in [2.45, 2.75) is 43.1 Å². The first-order chi connectivity index (χ1) is 10.3. The molecular weight excluding hydrogens is 294 g/mol. The molecule has 3 aliphatic rings. The summed E-state index contributed by atoms with van der Waals surface area (Å²) in [6.07, 6.45) is 3.74. The average Bonchev–Trinajstić information content (AvgIpc) is 2.46. The number of hydrogen-bond acceptors (Lipinski definition) is 3. The molecule has 4 heteroatoms. The molecule has 2 bridgehead atoms. The summed E-state index contributed by atoms with van der Waals surface area (Å²) in [6, 6.07) is 9.33. The average molecular weight is 319 g/mol. The van der Waals surface area contributed by atoms with Gasteiger partial charge in [-0.05, 0) is 43.2 Å². The monoisotopic (exact) mass is 319 g/mol. The Kier molecular flexibility index (Phi) is 3.73. The van der Waals surface area contributed by atoms with Crippen LogP contribution in [0.5, 0.6) is 0 Å². The quantitative estimate of drug-likeness (QED) is 0.865. The predicted octanol–water partition coefficient (Wildman–Crippen LogP) is 3.64. The Morgan fingerprint density at radius 1 is 1.41 bits per heavy atom. The van der Waals surface area contributed by atoms with E-state index in [1.54, 1.807) is 7.05 Å². The molecular formula is C18H25NO2S. The number of hydrogen-bond donors (Lipinski definition) is 1. The van der Waals surface area contributed by atoms with Crippen molar-refractivity contribution >= 4 is 9.73 Å². The fraction of sp³-hybridized carbons (Fsp3) is 0.556. The molecule has 0 amide bonds. The Bertz CT molecular complexity index is 705. The van der Waals surface area contributed by atoms with Crippen LogP contribution in [0.1, 0.15) is 32.6 Å². The minimum atomic E-state index is -2.60. The summed E-state index contributed by atoms with van der Waals surface area (Å²) in [6.45, 7) is 6.40. The summed E-state index contributed by atoms with van der Waals surface area (Å²) in [4.78, 5) is 0.711. The first-order valence-corrected chi connectivity index (χ1v) is 9.57. The van der Waals surface area contributed by atoms with Crippen LogP contribution in [-0.4, -0.2) is 27.7 Å². The van der Waals surface area contributed by atoms with Gasteiger partial charge in [-0.1, -0.05) is 37.3 Å². The third-order valence-electron chi connectivity index (χ3n) is 5.42. The van der Waals surface area contributed by atoms with Crippen LogP contribution in [0.25, 0.3) is 0 Å². The van der Waals surface area contributed by atoms with Crippen molar-refractivity contribution in [2.75, 3.05) is 12.8 Å². The highest BCUT2D eigenvalue weighted by Gasteiger charge is 2.54. The molecule has 1 N–H and O–H groups in total. The molecule has 22 heavy (non-hydrogen) atoms. The Hall–Kier alpha value is -1.13. The van der Waals surface area contributed by atoms with Crippen LogP contribution in [0.2, 0.25) is 0 Å². The van der Waals surface area contributed by atoms with E-state index in [4.69, 9.17) is 0 Å². The molecule has 0 aromatic heterocycles. The minimum absolute atomic E-state index is 0.0561. The van der Waals surface area contributed by atoms with E-state index >= 15 is 0 Å². The van der Waals surface area contributed by atoms with Gasteiger partial charge in [-0.2, -0.15) is 0 Å². The lowest BCUT2D eigenvalue weighted by atomic mass is 9.54. The lowest BCUT2D eigenvalue weighted by molar-refractivity contribution is -0.0853. The van der Waals surface area contributed by atoms with Gasteiger partial charge in [0.2, 0.25) is 0 Å². The third kappa shape index (κ3) is 2.52. The molecule has 4 atom stereocenters. The maximum Gasteiger partial charge on any atom is 0.0844 e. The summed E-state index contributed by atoms with van der Waals surface area (Å²) in [5, 5.41) is 11.3. The molecule has 3 aliphatic carbocycles. The van der Waals surface area contributed by atoms with Crippen molar-refractivity contribution in [3.8, 4) is 0 Å². The molecule has 3 fully saturated rings. The number of fused-ring (bicyclic) bond motifs is 3. The van der Waals surface area contributed by atoms with Gasteiger partial charge < -0.3 is 5.11 Å². The lowest BCUT2D eigenvalue weighted by Gasteiger charge is -2.55. The first-order valence-electron chi connectivity index (χ1n) is 7.88. The van der Waals surface area contributed by atoms with Crippen molar-refractivity contribution in [3.05, 3.63) is 42.5 Å². The van der Waals surface area contributed by atoms with E-state index in [2.05, 4.69) is 17.9 Å². The second-order valence-electron chi connectivity index (χ2n) is 7.30. The lowest BCUT2D eigenvalue weighted by Crippen LogP contribution is -2.55. The Morgan fingerprint density at radius 3 is 2.64 bits per heavy atom. The number of nitrogens with zero attached hydrogens (tertiary/aromatic N) is 1. The van der Waals surface area contributed by atoms with Gasteiger partial charge in [-0.15, -0.1) is 0 Å². The second-order valence-corrected chi connectivity index (χ2v) is 9.70. The van der Waals surface area contributed by atoms with Gasteiger partial charge >= 0.3 is 0 Å². The zero-order chi connectivity index (χ0) is 16.0. The molecule has 3 nitrogen and oxygen atoms in total. The molecule has 4 rings (SSSR count). The van der Waals surface area contributed by atoms with E-state index in [1.165, 1.54) is 0 Å². The van der Waals surface area contributed by atoms with E-state index in [-0.39, 0.29) is 17.1 Å². The maximum atomic E-state index is 13.4. The van der Waals surface area contributed by atoms with E-state index in [1.807, 2.05) is 30.3 Å². The van der Waals surface area contributed by atoms with Crippen molar-refractivity contribution in [2.24, 2.45) is 15.7 Å². The van der Waals surface area contributed by atoms with E-state index in [0.717, 1.165) is 24.8 Å². The molecule has 0 aliphatic heterocycles. The SMILES string of the molecule is C=C1C[C@]2(C)CC[C@H]1[C@](O)(C[S@@](=O)(=NC)c1ccccc1)C2. The van der Waals surface area contributed by atoms with Gasteiger partial charge in [-0.25, -0.2) is 8.57 Å². The Morgan fingerprint density at radius 2 is 2.09 bits per heavy atom. The summed E-state index contributed by atoms with van der Waals surface area (Å²) in [5.74, 6) is 0.264. The van der Waals surface area contributed by atoms with Crippen molar-refractivity contribution in [1.29, 1.82) is 0 Å². The zero-order valence-corrected chi connectivity index (χ0v) is 14.2. The van der Waals surface area contributed by atoms with Gasteiger partial charge in [0.15, 0.2) is 0 Å². The molecule has 0 saturated heterocycles. The van der Waals surface area contributed by atoms with Gasteiger partial charge in [0.25, 0.3) is 0 Å². The van der Waals surface area contributed by atoms with Crippen LogP contribution in [0, 0.1) is 11.3 Å². The maximum absolute atomic E-state index is 13.4. The van der Waals surface area contributed by atoms with Gasteiger partial charge in [-0.3, -0.25) is 0 Å². The smallest absolute Gasteiger partial charge is 0.0844 e. The van der Waals surface area contributed by atoms with E-state index < -0.39 is 15.3 Å². The standard InChI is InChI=1S/C18H25NO2S/c1-14-11-17(2)10-9-16(14)18(20,12-17)13-22(21,19-3)15-7-5-4-6-8-15/h4-8,16,20H,1,9-13H2,2-3H3/t16-,17+,18-,22+/m1/s1. The topological polar surface area (TPSA) is 49.7 Å². The Labute approximate surface area is 133 Å². The van der Waals surface area contributed by atoms with Crippen LogP contribution in [-0.2, 0) is 9.73 Å². The number of benzene rings is 1. The highest BCUT2D eigenvalue weighted by Crippen LogP contribution is 2.57. The van der Waals surface area contributed by atoms with Gasteiger partial charge in [0.1, 0.15) is 0 Å². The molecule has 3 saturated carbocycles. The number of rotatable bonds is 3. The molecule has 0 radical (unpaired) electrons. The Balaban J connectivity index is 1.98. The molecule has 0 unspecified atom stereocenters. The van der Waals surface area contributed by atoms with E-state index in [0.29, 0.717) is 11.3 Å². The minimum Gasteiger partial charge on any atom is -0.388 e. The molecule has 1 aromatic carbocycles. The second kappa shape index (κ2) is 5.20. The molecule has 120 valence electrons. The van der Waals surface area contributed by atoms with Crippen LogP contribution < -0.4 is 0 Å². The predicted molar refractivity (Wildman–Crippen MR) is 90.2 cm³/mol. The highest BCUT2D eigenvalue weighted by atomic mass is 32.2. The fourth-order valence-corrected chi connectivity index (χ4v) is 6.57. The largest absolute Gasteiger partial charge is 0.388 e. The summed E-state index contributed by atoms with van der Waals surface area (Å²) in [7, 11) is -1.01. The van der Waals surface area contributed by atoms with Gasteiger partial charge in [0.05, 0.1) is 21.1 Å². The summed E-state index contributed by atoms with van der Waals surface area (Å²) in [5.41, 5.74) is 0.258. The molecule has 1 aromatic rings. The molecule has 0 spiro atoms. The normalized spacial score (nSPS) is 36.9. The van der Waals surface area contributed by atoms with E-state index in [9.17, 15) is 9.32 Å². The zero-order valence-electron chi connectivity index (χ0n) is 13.4. The molecule has 0 heterocycles. The van der Waals surface area contributed by atoms with Gasteiger partial charge in [0, 0.05) is 17.9 Å². The van der Waals surface area contributed by atoms with Crippen molar-refractivity contribution in [1.82, 2.24) is 0 Å². The van der Waals surface area contributed by atoms with Crippen molar-refractivity contribution in [3.63, 3.8) is 0 Å². The van der Waals surface area contributed by atoms with Crippen LogP contribution >= 0.6 is 0 Å². The first kappa shape index (κ1) is 15.8. The van der Waals surface area contributed by atoms with Crippen LogP contribution in [0.4, 0.5) is 0 Å². The highest BCUT2D eigenvalue weighted by molar-refractivity contribution is 7.93. The summed E-state index contributed by atoms with van der Waals surface area (Å²) < 4.78 is 17.6. The van der Waals surface area contributed by atoms with Crippen LogP contribution in [0.3, 0.4) is 0 Å².